The molecule has 0 unspecified atom stereocenters. The first kappa shape index (κ1) is 17.3. The van der Waals surface area contributed by atoms with Crippen molar-refractivity contribution in [2.45, 2.75) is 39.0 Å². The standard InChI is InChI=1S/C20H23NO4/c1-4-9-25-20(23)19-12(2)18-16(21-19)10-14(11-17(18)22)13-5-7-15(24-3)8-6-13/h5-8,14,21H,4,9-11H2,1-3H3/t14-/m0/s1. The molecule has 0 saturated carbocycles. The summed E-state index contributed by atoms with van der Waals surface area (Å²) in [6.45, 7) is 4.14. The smallest absolute Gasteiger partial charge is 0.355 e. The first-order valence-corrected chi connectivity index (χ1v) is 8.60. The van der Waals surface area contributed by atoms with Gasteiger partial charge < -0.3 is 14.5 Å². The molecule has 0 saturated heterocycles. The molecule has 1 aliphatic carbocycles. The van der Waals surface area contributed by atoms with E-state index in [2.05, 4.69) is 4.98 Å². The second-order valence-corrected chi connectivity index (χ2v) is 6.42. The Labute approximate surface area is 147 Å². The minimum Gasteiger partial charge on any atom is -0.497 e. The molecule has 0 bridgehead atoms. The van der Waals surface area contributed by atoms with Gasteiger partial charge in [-0.1, -0.05) is 19.1 Å². The van der Waals surface area contributed by atoms with Crippen molar-refractivity contribution < 1.29 is 19.1 Å². The molecule has 5 nitrogen and oxygen atoms in total. The monoisotopic (exact) mass is 341 g/mol. The zero-order chi connectivity index (χ0) is 18.0. The number of hydrogen-bond donors (Lipinski definition) is 1. The van der Waals surface area contributed by atoms with Gasteiger partial charge in [-0.15, -0.1) is 0 Å². The molecule has 0 aliphatic heterocycles. The molecule has 1 aliphatic rings. The average Bonchev–Trinajstić information content (AvgIpc) is 2.97. The Hall–Kier alpha value is -2.56. The van der Waals surface area contributed by atoms with Gasteiger partial charge in [0, 0.05) is 17.7 Å². The van der Waals surface area contributed by atoms with Gasteiger partial charge in [-0.2, -0.15) is 0 Å². The van der Waals surface area contributed by atoms with Gasteiger partial charge in [-0.3, -0.25) is 4.79 Å². The summed E-state index contributed by atoms with van der Waals surface area (Å²) < 4.78 is 10.4. The Morgan fingerprint density at radius 2 is 1.96 bits per heavy atom. The van der Waals surface area contributed by atoms with Crippen LogP contribution in [0.15, 0.2) is 24.3 Å². The van der Waals surface area contributed by atoms with Crippen LogP contribution in [0.3, 0.4) is 0 Å². The van der Waals surface area contributed by atoms with Gasteiger partial charge in [0.25, 0.3) is 0 Å². The highest BCUT2D eigenvalue weighted by atomic mass is 16.5. The van der Waals surface area contributed by atoms with E-state index in [0.717, 1.165) is 23.4 Å². The second-order valence-electron chi connectivity index (χ2n) is 6.42. The lowest BCUT2D eigenvalue weighted by Gasteiger charge is -2.22. The summed E-state index contributed by atoms with van der Waals surface area (Å²) in [6.07, 6.45) is 1.92. The Morgan fingerprint density at radius 1 is 1.24 bits per heavy atom. The number of methoxy groups -OCH3 is 1. The van der Waals surface area contributed by atoms with E-state index in [-0.39, 0.29) is 17.7 Å². The molecule has 5 heteroatoms. The number of aromatic nitrogens is 1. The fourth-order valence-electron chi connectivity index (χ4n) is 3.42. The number of hydrogen-bond acceptors (Lipinski definition) is 4. The van der Waals surface area contributed by atoms with Crippen LogP contribution >= 0.6 is 0 Å². The maximum absolute atomic E-state index is 12.7. The largest absolute Gasteiger partial charge is 0.497 e. The van der Waals surface area contributed by atoms with Crippen molar-refractivity contribution in [1.29, 1.82) is 0 Å². The molecule has 1 N–H and O–H groups in total. The number of Topliss-reactive ketones (excluding diaryl/α,β-unsaturated/α-hetero) is 1. The summed E-state index contributed by atoms with van der Waals surface area (Å²) in [6, 6.07) is 7.80. The third-order valence-electron chi connectivity index (χ3n) is 4.72. The van der Waals surface area contributed by atoms with Gasteiger partial charge in [0.15, 0.2) is 5.78 Å². The summed E-state index contributed by atoms with van der Waals surface area (Å²) in [7, 11) is 1.63. The Balaban J connectivity index is 1.87. The minimum absolute atomic E-state index is 0.0744. The van der Waals surface area contributed by atoms with Crippen molar-refractivity contribution in [3.8, 4) is 5.75 Å². The predicted octanol–water partition coefficient (Wildman–Crippen LogP) is 3.81. The van der Waals surface area contributed by atoms with Gasteiger partial charge in [0.1, 0.15) is 11.4 Å². The third-order valence-corrected chi connectivity index (χ3v) is 4.72. The molecule has 1 aromatic carbocycles. The number of fused-ring (bicyclic) bond motifs is 1. The fraction of sp³-hybridized carbons (Fsp3) is 0.400. The third kappa shape index (κ3) is 3.31. The zero-order valence-corrected chi connectivity index (χ0v) is 14.8. The fourth-order valence-corrected chi connectivity index (χ4v) is 3.42. The predicted molar refractivity (Wildman–Crippen MR) is 94.5 cm³/mol. The minimum atomic E-state index is -0.387. The van der Waals surface area contributed by atoms with Crippen LogP contribution in [0.2, 0.25) is 0 Å². The van der Waals surface area contributed by atoms with E-state index in [1.165, 1.54) is 0 Å². The lowest BCUT2D eigenvalue weighted by Crippen LogP contribution is -2.18. The Morgan fingerprint density at radius 3 is 2.60 bits per heavy atom. The van der Waals surface area contributed by atoms with Gasteiger partial charge in [-0.05, 0) is 48.9 Å². The van der Waals surface area contributed by atoms with E-state index in [0.29, 0.717) is 36.3 Å². The van der Waals surface area contributed by atoms with Gasteiger partial charge >= 0.3 is 5.97 Å². The van der Waals surface area contributed by atoms with E-state index in [9.17, 15) is 9.59 Å². The highest BCUT2D eigenvalue weighted by Gasteiger charge is 2.32. The lowest BCUT2D eigenvalue weighted by molar-refractivity contribution is 0.0498. The second kappa shape index (κ2) is 7.13. The zero-order valence-electron chi connectivity index (χ0n) is 14.8. The van der Waals surface area contributed by atoms with Crippen LogP contribution in [0.5, 0.6) is 5.75 Å². The van der Waals surface area contributed by atoms with Crippen molar-refractivity contribution in [3.05, 3.63) is 52.3 Å². The number of benzene rings is 1. The van der Waals surface area contributed by atoms with E-state index in [1.54, 1.807) is 7.11 Å². The number of ether oxygens (including phenoxy) is 2. The molecule has 25 heavy (non-hydrogen) atoms. The number of carbonyl (C=O) groups is 2. The molecule has 1 atom stereocenters. The van der Waals surface area contributed by atoms with Crippen LogP contribution in [-0.2, 0) is 11.2 Å². The summed E-state index contributed by atoms with van der Waals surface area (Å²) in [4.78, 5) is 28.0. The molecule has 0 spiro atoms. The normalized spacial score (nSPS) is 16.4. The van der Waals surface area contributed by atoms with Gasteiger partial charge in [0.05, 0.1) is 13.7 Å². The van der Waals surface area contributed by atoms with Crippen molar-refractivity contribution in [2.75, 3.05) is 13.7 Å². The van der Waals surface area contributed by atoms with E-state index < -0.39 is 0 Å². The highest BCUT2D eigenvalue weighted by molar-refractivity contribution is 6.03. The number of esters is 1. The highest BCUT2D eigenvalue weighted by Crippen LogP contribution is 2.35. The van der Waals surface area contributed by atoms with Crippen LogP contribution in [0.1, 0.15) is 63.4 Å². The molecule has 2 aromatic rings. The van der Waals surface area contributed by atoms with E-state index in [1.807, 2.05) is 38.1 Å². The van der Waals surface area contributed by atoms with Crippen molar-refractivity contribution in [3.63, 3.8) is 0 Å². The molecule has 0 radical (unpaired) electrons. The van der Waals surface area contributed by atoms with E-state index in [4.69, 9.17) is 9.47 Å². The van der Waals surface area contributed by atoms with Crippen LogP contribution in [-0.4, -0.2) is 30.5 Å². The number of aromatic amines is 1. The quantitative estimate of drug-likeness (QED) is 0.840. The lowest BCUT2D eigenvalue weighted by atomic mass is 9.81. The number of nitrogens with one attached hydrogen (secondary N) is 1. The van der Waals surface area contributed by atoms with Gasteiger partial charge in [-0.25, -0.2) is 4.79 Å². The number of carbonyl (C=O) groups excluding carboxylic acids is 2. The molecule has 3 rings (SSSR count). The first-order valence-electron chi connectivity index (χ1n) is 8.60. The average molecular weight is 341 g/mol. The maximum atomic E-state index is 12.7. The van der Waals surface area contributed by atoms with Gasteiger partial charge in [0.2, 0.25) is 0 Å². The first-order chi connectivity index (χ1) is 12.0. The number of H-pyrrole nitrogens is 1. The van der Waals surface area contributed by atoms with Crippen molar-refractivity contribution >= 4 is 11.8 Å². The maximum Gasteiger partial charge on any atom is 0.355 e. The molecular weight excluding hydrogens is 318 g/mol. The van der Waals surface area contributed by atoms with Crippen LogP contribution in [0.4, 0.5) is 0 Å². The Bertz CT molecular complexity index is 789. The molecule has 0 amide bonds. The summed E-state index contributed by atoms with van der Waals surface area (Å²) in [5, 5.41) is 0. The summed E-state index contributed by atoms with van der Waals surface area (Å²) in [5.41, 5.74) is 3.70. The number of ketones is 1. The SMILES string of the molecule is CCCOC(=O)c1[nH]c2c(c1C)C(=O)C[C@@H](c1ccc(OC)cc1)C2. The molecular formula is C20H23NO4. The molecule has 1 heterocycles. The molecule has 1 aromatic heterocycles. The van der Waals surface area contributed by atoms with Crippen LogP contribution in [0, 0.1) is 6.92 Å². The number of rotatable bonds is 5. The van der Waals surface area contributed by atoms with E-state index >= 15 is 0 Å². The molecule has 132 valence electrons. The topological polar surface area (TPSA) is 68.4 Å². The van der Waals surface area contributed by atoms with Crippen molar-refractivity contribution in [1.82, 2.24) is 4.98 Å². The Kier molecular flexibility index (Phi) is 4.93. The van der Waals surface area contributed by atoms with Crippen LogP contribution < -0.4 is 4.74 Å². The summed E-state index contributed by atoms with van der Waals surface area (Å²) >= 11 is 0. The van der Waals surface area contributed by atoms with Crippen molar-refractivity contribution in [2.24, 2.45) is 0 Å². The summed E-state index contributed by atoms with van der Waals surface area (Å²) in [5.74, 6) is 0.583. The molecule has 0 fully saturated rings. The van der Waals surface area contributed by atoms with Crippen LogP contribution in [0.25, 0.3) is 0 Å².